The number of aromatic nitrogens is 4. The van der Waals surface area contributed by atoms with Crippen molar-refractivity contribution in [3.8, 4) is 17.1 Å². The maximum Gasteiger partial charge on any atom is 0.251 e. The van der Waals surface area contributed by atoms with E-state index in [1.165, 1.54) is 10.7 Å². The van der Waals surface area contributed by atoms with Gasteiger partial charge in [-0.1, -0.05) is 27.2 Å². The van der Waals surface area contributed by atoms with E-state index in [2.05, 4.69) is 31.2 Å². The molecule has 0 radical (unpaired) electrons. The average molecular weight is 438 g/mol. The van der Waals surface area contributed by atoms with Gasteiger partial charge in [-0.15, -0.1) is 5.10 Å². The molecule has 0 bridgehead atoms. The number of alkyl halides is 2. The van der Waals surface area contributed by atoms with Crippen molar-refractivity contribution in [2.24, 2.45) is 0 Å². The highest BCUT2D eigenvalue weighted by molar-refractivity contribution is 9.10. The summed E-state index contributed by atoms with van der Waals surface area (Å²) >= 11 is 3.22. The summed E-state index contributed by atoms with van der Waals surface area (Å²) in [5.41, 5.74) is 1.29. The van der Waals surface area contributed by atoms with E-state index in [0.717, 1.165) is 0 Å². The van der Waals surface area contributed by atoms with Crippen molar-refractivity contribution in [3.05, 3.63) is 52.9 Å². The van der Waals surface area contributed by atoms with Crippen LogP contribution in [0.4, 0.5) is 19.0 Å². The van der Waals surface area contributed by atoms with Crippen molar-refractivity contribution in [1.82, 2.24) is 20.0 Å². The maximum absolute atomic E-state index is 14.1. The summed E-state index contributed by atoms with van der Waals surface area (Å²) in [4.78, 5) is 6.35. The topological polar surface area (TPSA) is 46.8 Å². The third kappa shape index (κ3) is 3.83. The lowest BCUT2D eigenvalue weighted by Gasteiger charge is -2.32. The van der Waals surface area contributed by atoms with Gasteiger partial charge in [0, 0.05) is 30.4 Å². The van der Waals surface area contributed by atoms with Gasteiger partial charge in [-0.2, -0.15) is 0 Å². The molecule has 9 heteroatoms. The van der Waals surface area contributed by atoms with Gasteiger partial charge in [-0.05, 0) is 30.3 Å². The molecule has 1 aliphatic heterocycles. The maximum atomic E-state index is 14.1. The van der Waals surface area contributed by atoms with E-state index < -0.39 is 11.7 Å². The van der Waals surface area contributed by atoms with E-state index >= 15 is 0 Å². The van der Waals surface area contributed by atoms with E-state index in [4.69, 9.17) is 0 Å². The molecule has 0 N–H and O–H groups in total. The number of benzene rings is 1. The van der Waals surface area contributed by atoms with Crippen LogP contribution in [0.1, 0.15) is 12.8 Å². The van der Waals surface area contributed by atoms with Gasteiger partial charge in [-0.25, -0.2) is 22.8 Å². The van der Waals surface area contributed by atoms with Crippen LogP contribution in [0.5, 0.6) is 0 Å². The number of hydrogen-bond acceptors (Lipinski definition) is 4. The van der Waals surface area contributed by atoms with E-state index in [-0.39, 0.29) is 31.6 Å². The first-order valence-electron chi connectivity index (χ1n) is 8.39. The summed E-state index contributed by atoms with van der Waals surface area (Å²) < 4.78 is 42.8. The molecule has 4 rings (SSSR count). The predicted octanol–water partition coefficient (Wildman–Crippen LogP) is 4.47. The molecular formula is C18H15BrF3N5. The van der Waals surface area contributed by atoms with Gasteiger partial charge >= 0.3 is 0 Å². The zero-order valence-corrected chi connectivity index (χ0v) is 15.7. The standard InChI is InChI=1S/C18H15BrF3N5/c19-12-4-5-16(13(20)10-12)27-11-15(24-25-27)14-2-1-3-17(23-14)26-8-6-18(21,22)7-9-26/h1-5,10-11H,6-9H2. The number of anilines is 1. The largest absolute Gasteiger partial charge is 0.356 e. The molecule has 3 heterocycles. The Morgan fingerprint density at radius 1 is 1.04 bits per heavy atom. The van der Waals surface area contributed by atoms with E-state index in [1.54, 1.807) is 36.5 Å². The summed E-state index contributed by atoms with van der Waals surface area (Å²) in [6, 6.07) is 9.99. The molecule has 1 aliphatic rings. The fourth-order valence-electron chi connectivity index (χ4n) is 2.97. The van der Waals surface area contributed by atoms with Crippen LogP contribution in [0.3, 0.4) is 0 Å². The first kappa shape index (κ1) is 18.0. The second kappa shape index (κ2) is 6.95. The van der Waals surface area contributed by atoms with E-state index in [1.807, 2.05) is 4.90 Å². The third-order valence-corrected chi connectivity index (χ3v) is 4.96. The minimum absolute atomic E-state index is 0.183. The van der Waals surface area contributed by atoms with Crippen molar-refractivity contribution in [3.63, 3.8) is 0 Å². The number of halogens is 4. The molecule has 3 aromatic rings. The summed E-state index contributed by atoms with van der Waals surface area (Å²) in [6.07, 6.45) is 1.22. The fourth-order valence-corrected chi connectivity index (χ4v) is 3.30. The molecule has 140 valence electrons. The Hall–Kier alpha value is -2.42. The fraction of sp³-hybridized carbons (Fsp3) is 0.278. The summed E-state index contributed by atoms with van der Waals surface area (Å²) in [6.45, 7) is 0.500. The van der Waals surface area contributed by atoms with Crippen molar-refractivity contribution in [2.45, 2.75) is 18.8 Å². The lowest BCUT2D eigenvalue weighted by atomic mass is 10.1. The molecule has 0 aliphatic carbocycles. The minimum atomic E-state index is -2.61. The van der Waals surface area contributed by atoms with Gasteiger partial charge in [0.2, 0.25) is 0 Å². The summed E-state index contributed by atoms with van der Waals surface area (Å²) in [5.74, 6) is -2.42. The highest BCUT2D eigenvalue weighted by Gasteiger charge is 2.34. The number of piperidine rings is 1. The first-order valence-corrected chi connectivity index (χ1v) is 9.19. The van der Waals surface area contributed by atoms with Gasteiger partial charge in [0.25, 0.3) is 5.92 Å². The van der Waals surface area contributed by atoms with Crippen molar-refractivity contribution >= 4 is 21.7 Å². The van der Waals surface area contributed by atoms with Gasteiger partial charge < -0.3 is 4.90 Å². The molecule has 0 amide bonds. The van der Waals surface area contributed by atoms with Crippen molar-refractivity contribution in [2.75, 3.05) is 18.0 Å². The van der Waals surface area contributed by atoms with Crippen LogP contribution in [-0.2, 0) is 0 Å². The number of nitrogens with zero attached hydrogens (tertiary/aromatic N) is 5. The number of rotatable bonds is 3. The average Bonchev–Trinajstić information content (AvgIpc) is 3.12. The van der Waals surface area contributed by atoms with Crippen LogP contribution < -0.4 is 4.90 Å². The molecule has 1 saturated heterocycles. The highest BCUT2D eigenvalue weighted by atomic mass is 79.9. The van der Waals surface area contributed by atoms with Gasteiger partial charge in [-0.3, -0.25) is 0 Å². The van der Waals surface area contributed by atoms with Crippen molar-refractivity contribution < 1.29 is 13.2 Å². The molecule has 5 nitrogen and oxygen atoms in total. The van der Waals surface area contributed by atoms with Crippen LogP contribution in [0.2, 0.25) is 0 Å². The van der Waals surface area contributed by atoms with Gasteiger partial charge in [0.1, 0.15) is 23.0 Å². The summed E-state index contributed by atoms with van der Waals surface area (Å²) in [5, 5.41) is 8.04. The lowest BCUT2D eigenvalue weighted by Crippen LogP contribution is -2.39. The highest BCUT2D eigenvalue weighted by Crippen LogP contribution is 2.30. The summed E-state index contributed by atoms with van der Waals surface area (Å²) in [7, 11) is 0. The van der Waals surface area contributed by atoms with Gasteiger partial charge in [0.05, 0.1) is 11.9 Å². The molecule has 0 atom stereocenters. The predicted molar refractivity (Wildman–Crippen MR) is 98.6 cm³/mol. The van der Waals surface area contributed by atoms with Crippen LogP contribution in [-0.4, -0.2) is 39.0 Å². The zero-order valence-electron chi connectivity index (χ0n) is 14.1. The zero-order chi connectivity index (χ0) is 19.0. The Kier molecular flexibility index (Phi) is 4.63. The first-order chi connectivity index (χ1) is 12.9. The Bertz CT molecular complexity index is 965. The second-order valence-electron chi connectivity index (χ2n) is 6.37. The SMILES string of the molecule is Fc1cc(Br)ccc1-n1cc(-c2cccc(N3CCC(F)(F)CC3)n2)nn1. The second-order valence-corrected chi connectivity index (χ2v) is 7.28. The van der Waals surface area contributed by atoms with E-state index in [0.29, 0.717) is 21.7 Å². The normalized spacial score (nSPS) is 16.5. The van der Waals surface area contributed by atoms with Crippen LogP contribution >= 0.6 is 15.9 Å². The monoisotopic (exact) mass is 437 g/mol. The Labute approximate surface area is 162 Å². The van der Waals surface area contributed by atoms with E-state index in [9.17, 15) is 13.2 Å². The quantitative estimate of drug-likeness (QED) is 0.606. The third-order valence-electron chi connectivity index (χ3n) is 4.47. The molecule has 1 fully saturated rings. The van der Waals surface area contributed by atoms with Crippen LogP contribution in [0.25, 0.3) is 17.1 Å². The minimum Gasteiger partial charge on any atom is -0.356 e. The molecule has 1 aromatic carbocycles. The number of pyridine rings is 1. The Balaban J connectivity index is 1.59. The molecule has 0 saturated carbocycles. The smallest absolute Gasteiger partial charge is 0.251 e. The lowest BCUT2D eigenvalue weighted by molar-refractivity contribution is -0.0221. The van der Waals surface area contributed by atoms with Crippen molar-refractivity contribution in [1.29, 1.82) is 0 Å². The van der Waals surface area contributed by atoms with Crippen LogP contribution in [0.15, 0.2) is 47.1 Å². The number of hydrogen-bond donors (Lipinski definition) is 0. The van der Waals surface area contributed by atoms with Crippen LogP contribution in [0, 0.1) is 5.82 Å². The molecule has 0 unspecified atom stereocenters. The van der Waals surface area contributed by atoms with Gasteiger partial charge in [0.15, 0.2) is 0 Å². The molecule has 0 spiro atoms. The Morgan fingerprint density at radius 3 is 2.56 bits per heavy atom. The molecule has 27 heavy (non-hydrogen) atoms. The molecular weight excluding hydrogens is 423 g/mol. The Morgan fingerprint density at radius 2 is 1.81 bits per heavy atom. The molecule has 2 aromatic heterocycles.